The number of aromatic nitrogens is 3. The Hall–Kier alpha value is -3.59. The van der Waals surface area contributed by atoms with Gasteiger partial charge in [0.05, 0.1) is 20.8 Å². The molecule has 9 heteroatoms. The van der Waals surface area contributed by atoms with Crippen LogP contribution in [-0.4, -0.2) is 34.8 Å². The van der Waals surface area contributed by atoms with E-state index < -0.39 is 0 Å². The van der Waals surface area contributed by atoms with Gasteiger partial charge in [-0.05, 0) is 41.8 Å². The van der Waals surface area contributed by atoms with Crippen molar-refractivity contribution in [1.82, 2.24) is 20.0 Å². The molecule has 1 aromatic carbocycles. The topological polar surface area (TPSA) is 91.4 Å². The van der Waals surface area contributed by atoms with Gasteiger partial charge in [-0.3, -0.25) is 4.79 Å². The molecule has 0 unspecified atom stereocenters. The summed E-state index contributed by atoms with van der Waals surface area (Å²) >= 11 is 1.61. The summed E-state index contributed by atoms with van der Waals surface area (Å²) < 4.78 is 17.8. The number of amides is 1. The Labute approximate surface area is 177 Å². The van der Waals surface area contributed by atoms with Crippen molar-refractivity contribution < 1.29 is 18.8 Å². The first-order chi connectivity index (χ1) is 14.7. The number of methoxy groups -OCH3 is 2. The number of carbonyl (C=O) groups is 1. The van der Waals surface area contributed by atoms with E-state index in [0.29, 0.717) is 35.5 Å². The summed E-state index contributed by atoms with van der Waals surface area (Å²) in [7, 11) is 3.15. The second-order valence-corrected chi connectivity index (χ2v) is 7.40. The van der Waals surface area contributed by atoms with Crippen molar-refractivity contribution in [3.8, 4) is 34.5 Å². The van der Waals surface area contributed by atoms with Gasteiger partial charge in [0.15, 0.2) is 11.5 Å². The smallest absolute Gasteiger partial charge is 0.274 e. The average molecular weight is 424 g/mol. The van der Waals surface area contributed by atoms with Crippen LogP contribution in [0, 0.1) is 0 Å². The van der Waals surface area contributed by atoms with E-state index in [9.17, 15) is 4.79 Å². The van der Waals surface area contributed by atoms with Gasteiger partial charge in [-0.25, -0.2) is 0 Å². The molecule has 3 heterocycles. The fraction of sp³-hybridized carbons (Fsp3) is 0.190. The minimum Gasteiger partial charge on any atom is -0.493 e. The van der Waals surface area contributed by atoms with Crippen LogP contribution in [0.15, 0.2) is 58.6 Å². The van der Waals surface area contributed by atoms with E-state index in [1.165, 1.54) is 0 Å². The molecule has 0 aliphatic carbocycles. The molecule has 154 valence electrons. The predicted octanol–water partition coefficient (Wildman–Crippen LogP) is 3.60. The Kier molecular flexibility index (Phi) is 5.80. The molecule has 0 saturated carbocycles. The number of rotatable bonds is 8. The zero-order chi connectivity index (χ0) is 20.9. The van der Waals surface area contributed by atoms with E-state index in [1.54, 1.807) is 48.5 Å². The average Bonchev–Trinajstić information content (AvgIpc) is 3.53. The third kappa shape index (κ3) is 4.20. The van der Waals surface area contributed by atoms with Crippen LogP contribution in [0.5, 0.6) is 11.5 Å². The molecule has 8 nitrogen and oxygen atoms in total. The first-order valence-electron chi connectivity index (χ1n) is 9.18. The SMILES string of the molecule is COc1ccc(-c2noc(-c3cccn3CC(=O)NCc3cccs3)n2)cc1OC. The van der Waals surface area contributed by atoms with Crippen LogP contribution in [0.4, 0.5) is 0 Å². The molecular formula is C21H20N4O4S. The number of benzene rings is 1. The molecule has 30 heavy (non-hydrogen) atoms. The molecule has 0 aliphatic heterocycles. The number of ether oxygens (including phenoxy) is 2. The summed E-state index contributed by atoms with van der Waals surface area (Å²) in [4.78, 5) is 17.9. The fourth-order valence-corrected chi connectivity index (χ4v) is 3.62. The van der Waals surface area contributed by atoms with Crippen molar-refractivity contribution in [2.24, 2.45) is 0 Å². The molecule has 0 aliphatic rings. The van der Waals surface area contributed by atoms with E-state index in [-0.39, 0.29) is 12.5 Å². The molecule has 4 aromatic rings. The number of hydrogen-bond donors (Lipinski definition) is 1. The van der Waals surface area contributed by atoms with Crippen LogP contribution in [0.2, 0.25) is 0 Å². The minimum absolute atomic E-state index is 0.0968. The number of nitrogens with zero attached hydrogens (tertiary/aromatic N) is 3. The summed E-state index contributed by atoms with van der Waals surface area (Å²) in [6, 6.07) is 13.0. The van der Waals surface area contributed by atoms with Crippen molar-refractivity contribution in [3.63, 3.8) is 0 Å². The summed E-state index contributed by atoms with van der Waals surface area (Å²) in [6.45, 7) is 0.666. The third-order valence-corrected chi connectivity index (χ3v) is 5.35. The molecule has 0 bridgehead atoms. The maximum atomic E-state index is 12.3. The van der Waals surface area contributed by atoms with Crippen molar-refractivity contribution in [1.29, 1.82) is 0 Å². The molecule has 1 amide bonds. The molecule has 0 atom stereocenters. The lowest BCUT2D eigenvalue weighted by molar-refractivity contribution is -0.121. The number of hydrogen-bond acceptors (Lipinski definition) is 7. The van der Waals surface area contributed by atoms with Gasteiger partial charge in [-0.15, -0.1) is 11.3 Å². The number of carbonyl (C=O) groups excluding carboxylic acids is 1. The van der Waals surface area contributed by atoms with Crippen molar-refractivity contribution in [2.45, 2.75) is 13.1 Å². The number of nitrogens with one attached hydrogen (secondary N) is 1. The fourth-order valence-electron chi connectivity index (χ4n) is 2.98. The molecule has 1 N–H and O–H groups in total. The van der Waals surface area contributed by atoms with E-state index in [2.05, 4.69) is 15.5 Å². The van der Waals surface area contributed by atoms with Crippen molar-refractivity contribution in [3.05, 3.63) is 58.9 Å². The molecular weight excluding hydrogens is 404 g/mol. The maximum absolute atomic E-state index is 12.3. The lowest BCUT2D eigenvalue weighted by Crippen LogP contribution is -2.26. The van der Waals surface area contributed by atoms with Gasteiger partial charge in [0, 0.05) is 16.6 Å². The quantitative estimate of drug-likeness (QED) is 0.465. The Balaban J connectivity index is 1.49. The zero-order valence-electron chi connectivity index (χ0n) is 16.5. The largest absolute Gasteiger partial charge is 0.493 e. The summed E-state index contributed by atoms with van der Waals surface area (Å²) in [6.07, 6.45) is 1.81. The second-order valence-electron chi connectivity index (χ2n) is 6.37. The highest BCUT2D eigenvalue weighted by molar-refractivity contribution is 7.09. The first-order valence-corrected chi connectivity index (χ1v) is 10.1. The van der Waals surface area contributed by atoms with Gasteiger partial charge < -0.3 is 23.9 Å². The van der Waals surface area contributed by atoms with E-state index in [0.717, 1.165) is 10.4 Å². The van der Waals surface area contributed by atoms with Crippen LogP contribution in [0.1, 0.15) is 4.88 Å². The number of thiophene rings is 1. The van der Waals surface area contributed by atoms with Crippen LogP contribution < -0.4 is 14.8 Å². The van der Waals surface area contributed by atoms with Crippen molar-refractivity contribution >= 4 is 17.2 Å². The maximum Gasteiger partial charge on any atom is 0.274 e. The standard InChI is InChI=1S/C21H20N4O4S/c1-27-17-8-7-14(11-18(17)28-2)20-23-21(29-24-20)16-6-3-9-25(16)13-19(26)22-12-15-5-4-10-30-15/h3-11H,12-13H2,1-2H3,(H,22,26). The Morgan fingerprint density at radius 3 is 2.80 bits per heavy atom. The van der Waals surface area contributed by atoms with Gasteiger partial charge >= 0.3 is 0 Å². The van der Waals surface area contributed by atoms with E-state index >= 15 is 0 Å². The molecule has 4 rings (SSSR count). The highest BCUT2D eigenvalue weighted by Crippen LogP contribution is 2.32. The second kappa shape index (κ2) is 8.83. The van der Waals surface area contributed by atoms with Gasteiger partial charge in [-0.1, -0.05) is 11.2 Å². The third-order valence-electron chi connectivity index (χ3n) is 4.47. The lowest BCUT2D eigenvalue weighted by atomic mass is 10.2. The molecule has 0 radical (unpaired) electrons. The van der Waals surface area contributed by atoms with Crippen LogP contribution in [0.3, 0.4) is 0 Å². The first kappa shape index (κ1) is 19.7. The Morgan fingerprint density at radius 2 is 2.03 bits per heavy atom. The van der Waals surface area contributed by atoms with Crippen LogP contribution in [0.25, 0.3) is 23.0 Å². The van der Waals surface area contributed by atoms with Gasteiger partial charge in [-0.2, -0.15) is 4.98 Å². The monoisotopic (exact) mass is 424 g/mol. The van der Waals surface area contributed by atoms with Crippen molar-refractivity contribution in [2.75, 3.05) is 14.2 Å². The highest BCUT2D eigenvalue weighted by atomic mass is 32.1. The van der Waals surface area contributed by atoms with Gasteiger partial charge in [0.1, 0.15) is 12.2 Å². The Morgan fingerprint density at radius 1 is 1.17 bits per heavy atom. The van der Waals surface area contributed by atoms with Crippen LogP contribution >= 0.6 is 11.3 Å². The zero-order valence-corrected chi connectivity index (χ0v) is 17.3. The normalized spacial score (nSPS) is 10.7. The van der Waals surface area contributed by atoms with E-state index in [4.69, 9.17) is 14.0 Å². The summed E-state index contributed by atoms with van der Waals surface area (Å²) in [5.74, 6) is 1.84. The molecule has 0 fully saturated rings. The summed E-state index contributed by atoms with van der Waals surface area (Å²) in [5.41, 5.74) is 1.40. The van der Waals surface area contributed by atoms with Gasteiger partial charge in [0.25, 0.3) is 5.89 Å². The molecule has 3 aromatic heterocycles. The Bertz CT molecular complexity index is 1130. The molecule has 0 spiro atoms. The van der Waals surface area contributed by atoms with E-state index in [1.807, 2.05) is 35.7 Å². The summed E-state index contributed by atoms with van der Waals surface area (Å²) in [5, 5.41) is 8.97. The van der Waals surface area contributed by atoms with Gasteiger partial charge in [0.2, 0.25) is 11.7 Å². The highest BCUT2D eigenvalue weighted by Gasteiger charge is 2.16. The van der Waals surface area contributed by atoms with Crippen LogP contribution in [-0.2, 0) is 17.9 Å². The predicted molar refractivity (Wildman–Crippen MR) is 112 cm³/mol. The molecule has 0 saturated heterocycles. The minimum atomic E-state index is -0.0968. The lowest BCUT2D eigenvalue weighted by Gasteiger charge is -2.08.